The van der Waals surface area contributed by atoms with Crippen LogP contribution in [0.25, 0.3) is 0 Å². The zero-order chi connectivity index (χ0) is 12.3. The highest BCUT2D eigenvalue weighted by molar-refractivity contribution is 7.07. The molecule has 96 valence electrons. The molecule has 1 aromatic rings. The van der Waals surface area contributed by atoms with E-state index in [2.05, 4.69) is 47.8 Å². The number of nitrogens with zero attached hydrogens (tertiary/aromatic N) is 1. The molecule has 2 rings (SSSR count). The molecule has 1 aliphatic heterocycles. The van der Waals surface area contributed by atoms with Gasteiger partial charge in [0.25, 0.3) is 0 Å². The van der Waals surface area contributed by atoms with E-state index >= 15 is 0 Å². The minimum Gasteiger partial charge on any atom is -0.313 e. The number of thiophene rings is 1. The summed E-state index contributed by atoms with van der Waals surface area (Å²) in [5.41, 5.74) is 1.46. The van der Waals surface area contributed by atoms with Crippen molar-refractivity contribution in [3.05, 3.63) is 22.4 Å². The Morgan fingerprint density at radius 3 is 2.82 bits per heavy atom. The maximum atomic E-state index is 3.60. The van der Waals surface area contributed by atoms with E-state index in [1.54, 1.807) is 11.3 Å². The second kappa shape index (κ2) is 5.98. The lowest BCUT2D eigenvalue weighted by Crippen LogP contribution is -2.42. The Balaban J connectivity index is 2.00. The van der Waals surface area contributed by atoms with Crippen molar-refractivity contribution >= 4 is 11.3 Å². The average Bonchev–Trinajstić information content (AvgIpc) is 2.97. The molecule has 1 saturated heterocycles. The number of hydrogen-bond acceptors (Lipinski definition) is 3. The molecule has 0 spiro atoms. The molecule has 0 saturated carbocycles. The summed E-state index contributed by atoms with van der Waals surface area (Å²) in [4.78, 5) is 2.62. The summed E-state index contributed by atoms with van der Waals surface area (Å²) < 4.78 is 0. The summed E-state index contributed by atoms with van der Waals surface area (Å²) >= 11 is 1.80. The highest BCUT2D eigenvalue weighted by Gasteiger charge is 2.24. The summed E-state index contributed by atoms with van der Waals surface area (Å²) in [6, 6.07) is 4.08. The lowest BCUT2D eigenvalue weighted by Gasteiger charge is -2.34. The molecule has 2 nitrogen and oxygen atoms in total. The van der Waals surface area contributed by atoms with Crippen molar-refractivity contribution in [1.82, 2.24) is 10.2 Å². The molecule has 2 atom stereocenters. The summed E-state index contributed by atoms with van der Waals surface area (Å²) in [7, 11) is 0. The minimum atomic E-state index is 0.531. The van der Waals surface area contributed by atoms with Crippen LogP contribution in [0.3, 0.4) is 0 Å². The van der Waals surface area contributed by atoms with Gasteiger partial charge in [0, 0.05) is 24.7 Å². The molecule has 0 amide bonds. The maximum Gasteiger partial charge on any atom is 0.0331 e. The fourth-order valence-corrected chi connectivity index (χ4v) is 3.43. The Kier molecular flexibility index (Phi) is 4.60. The second-order valence-electron chi connectivity index (χ2n) is 5.32. The first-order valence-electron chi connectivity index (χ1n) is 6.69. The largest absolute Gasteiger partial charge is 0.313 e. The molecule has 0 radical (unpaired) electrons. The van der Waals surface area contributed by atoms with E-state index in [1.165, 1.54) is 31.5 Å². The smallest absolute Gasteiger partial charge is 0.0331 e. The number of nitrogens with one attached hydrogen (secondary N) is 1. The van der Waals surface area contributed by atoms with Gasteiger partial charge >= 0.3 is 0 Å². The Bertz CT molecular complexity index is 315. The Morgan fingerprint density at radius 2 is 2.29 bits per heavy atom. The van der Waals surface area contributed by atoms with E-state index in [9.17, 15) is 0 Å². The topological polar surface area (TPSA) is 15.3 Å². The molecule has 0 bridgehead atoms. The summed E-state index contributed by atoms with van der Waals surface area (Å²) in [6.07, 6.45) is 2.67. The van der Waals surface area contributed by atoms with E-state index in [4.69, 9.17) is 0 Å². The van der Waals surface area contributed by atoms with E-state index in [0.717, 1.165) is 0 Å². The van der Waals surface area contributed by atoms with E-state index in [-0.39, 0.29) is 0 Å². The monoisotopic (exact) mass is 252 g/mol. The van der Waals surface area contributed by atoms with Crippen LogP contribution in [0.4, 0.5) is 0 Å². The lowest BCUT2D eigenvalue weighted by atomic mass is 10.1. The van der Waals surface area contributed by atoms with Gasteiger partial charge in [-0.05, 0) is 62.5 Å². The molecule has 0 aliphatic carbocycles. The standard InChI is InChI=1S/C14H24N2S/c1-11(2)16(9-14-5-4-7-15-14)12(3)13-6-8-17-10-13/h6,8,10-12,14-15H,4-5,7,9H2,1-3H3. The van der Waals surface area contributed by atoms with Crippen LogP contribution in [0.15, 0.2) is 16.8 Å². The van der Waals surface area contributed by atoms with Crippen molar-refractivity contribution in [2.45, 2.75) is 51.7 Å². The molecule has 3 heteroatoms. The lowest BCUT2D eigenvalue weighted by molar-refractivity contribution is 0.150. The predicted octanol–water partition coefficient (Wildman–Crippen LogP) is 3.27. The minimum absolute atomic E-state index is 0.531. The van der Waals surface area contributed by atoms with Crippen molar-refractivity contribution in [1.29, 1.82) is 0 Å². The van der Waals surface area contributed by atoms with Crippen LogP contribution in [0.1, 0.15) is 45.2 Å². The van der Waals surface area contributed by atoms with Crippen LogP contribution in [0.5, 0.6) is 0 Å². The van der Waals surface area contributed by atoms with Gasteiger partial charge in [-0.3, -0.25) is 4.90 Å². The third-order valence-corrected chi connectivity index (χ3v) is 4.48. The van der Waals surface area contributed by atoms with Crippen LogP contribution in [-0.2, 0) is 0 Å². The van der Waals surface area contributed by atoms with Gasteiger partial charge < -0.3 is 5.32 Å². The zero-order valence-electron chi connectivity index (χ0n) is 11.1. The predicted molar refractivity (Wildman–Crippen MR) is 75.6 cm³/mol. The molecule has 2 heterocycles. The van der Waals surface area contributed by atoms with Crippen molar-refractivity contribution in [3.8, 4) is 0 Å². The molecule has 2 unspecified atom stereocenters. The average molecular weight is 252 g/mol. The quantitative estimate of drug-likeness (QED) is 0.865. The van der Waals surface area contributed by atoms with Gasteiger partial charge in [-0.1, -0.05) is 0 Å². The first kappa shape index (κ1) is 13.1. The summed E-state index contributed by atoms with van der Waals surface area (Å²) in [5.74, 6) is 0. The van der Waals surface area contributed by atoms with Gasteiger partial charge in [0.05, 0.1) is 0 Å². The van der Waals surface area contributed by atoms with Gasteiger partial charge in [0.1, 0.15) is 0 Å². The first-order chi connectivity index (χ1) is 8.18. The van der Waals surface area contributed by atoms with Crippen molar-refractivity contribution in [2.75, 3.05) is 13.1 Å². The summed E-state index contributed by atoms with van der Waals surface area (Å²) in [6.45, 7) is 9.31. The molecule has 1 N–H and O–H groups in total. The fraction of sp³-hybridized carbons (Fsp3) is 0.714. The normalized spacial score (nSPS) is 22.5. The van der Waals surface area contributed by atoms with Gasteiger partial charge in [-0.25, -0.2) is 0 Å². The van der Waals surface area contributed by atoms with Crippen molar-refractivity contribution in [3.63, 3.8) is 0 Å². The van der Waals surface area contributed by atoms with E-state index in [1.807, 2.05) is 0 Å². The van der Waals surface area contributed by atoms with Crippen LogP contribution in [0, 0.1) is 0 Å². The molecular weight excluding hydrogens is 228 g/mol. The molecular formula is C14H24N2S. The fourth-order valence-electron chi connectivity index (χ4n) is 2.69. The number of rotatable bonds is 5. The first-order valence-corrected chi connectivity index (χ1v) is 7.64. The van der Waals surface area contributed by atoms with Gasteiger partial charge in [-0.2, -0.15) is 11.3 Å². The van der Waals surface area contributed by atoms with Crippen LogP contribution < -0.4 is 5.32 Å². The third-order valence-electron chi connectivity index (χ3n) is 3.78. The van der Waals surface area contributed by atoms with Gasteiger partial charge in [0.15, 0.2) is 0 Å². The molecule has 1 fully saturated rings. The van der Waals surface area contributed by atoms with E-state index < -0.39 is 0 Å². The van der Waals surface area contributed by atoms with Crippen LogP contribution >= 0.6 is 11.3 Å². The molecule has 1 aliphatic rings. The van der Waals surface area contributed by atoms with Gasteiger partial charge in [-0.15, -0.1) is 0 Å². The van der Waals surface area contributed by atoms with Crippen LogP contribution in [0.2, 0.25) is 0 Å². The SMILES string of the molecule is CC(C)N(CC1CCCN1)C(C)c1ccsc1. The maximum absolute atomic E-state index is 3.60. The van der Waals surface area contributed by atoms with Crippen molar-refractivity contribution < 1.29 is 0 Å². The number of hydrogen-bond donors (Lipinski definition) is 1. The molecule has 1 aromatic heterocycles. The van der Waals surface area contributed by atoms with Gasteiger partial charge in [0.2, 0.25) is 0 Å². The second-order valence-corrected chi connectivity index (χ2v) is 6.10. The zero-order valence-corrected chi connectivity index (χ0v) is 12.0. The summed E-state index contributed by atoms with van der Waals surface area (Å²) in [5, 5.41) is 8.06. The Hall–Kier alpha value is -0.380. The highest BCUT2D eigenvalue weighted by Crippen LogP contribution is 2.25. The molecule has 0 aromatic carbocycles. The van der Waals surface area contributed by atoms with Crippen molar-refractivity contribution in [2.24, 2.45) is 0 Å². The molecule has 17 heavy (non-hydrogen) atoms. The Morgan fingerprint density at radius 1 is 1.47 bits per heavy atom. The van der Waals surface area contributed by atoms with E-state index in [0.29, 0.717) is 18.1 Å². The van der Waals surface area contributed by atoms with Crippen LogP contribution in [-0.4, -0.2) is 30.1 Å². The highest BCUT2D eigenvalue weighted by atomic mass is 32.1. The third kappa shape index (κ3) is 3.30. The Labute approximate surface area is 109 Å².